The second kappa shape index (κ2) is 5.40. The summed E-state index contributed by atoms with van der Waals surface area (Å²) in [6.45, 7) is 6.41. The summed E-state index contributed by atoms with van der Waals surface area (Å²) in [6.07, 6.45) is 3.40. The van der Waals surface area contributed by atoms with Crippen LogP contribution in [0.4, 0.5) is 5.69 Å². The minimum Gasteiger partial charge on any atom is -0.378 e. The minimum absolute atomic E-state index is 1.03. The molecule has 96 valence electrons. The third-order valence-electron chi connectivity index (χ3n) is 3.53. The van der Waals surface area contributed by atoms with Crippen LogP contribution in [0.1, 0.15) is 12.0 Å². The lowest BCUT2D eigenvalue weighted by Crippen LogP contribution is -2.24. The molecule has 2 heteroatoms. The van der Waals surface area contributed by atoms with Gasteiger partial charge in [0, 0.05) is 32.9 Å². The fraction of sp³-hybridized carbons (Fsp3) is 0.375. The van der Waals surface area contributed by atoms with E-state index < -0.39 is 0 Å². The molecule has 18 heavy (non-hydrogen) atoms. The van der Waals surface area contributed by atoms with Crippen LogP contribution in [0.3, 0.4) is 0 Å². The molecular weight excluding hydrogens is 220 g/mol. The normalized spacial score (nSPS) is 16.3. The summed E-state index contributed by atoms with van der Waals surface area (Å²) < 4.78 is 0. The van der Waals surface area contributed by atoms with E-state index in [0.29, 0.717) is 0 Å². The molecule has 0 atom stereocenters. The second-order valence-electron chi connectivity index (χ2n) is 5.16. The van der Waals surface area contributed by atoms with Gasteiger partial charge < -0.3 is 9.80 Å². The number of hydrogen-bond acceptors (Lipinski definition) is 2. The van der Waals surface area contributed by atoms with Crippen molar-refractivity contribution in [2.45, 2.75) is 6.42 Å². The number of benzene rings is 1. The van der Waals surface area contributed by atoms with Crippen molar-refractivity contribution in [2.75, 3.05) is 39.1 Å². The lowest BCUT2D eigenvalue weighted by atomic mass is 9.95. The van der Waals surface area contributed by atoms with Crippen molar-refractivity contribution < 1.29 is 0 Å². The van der Waals surface area contributed by atoms with E-state index in [4.69, 9.17) is 0 Å². The van der Waals surface area contributed by atoms with E-state index in [1.165, 1.54) is 22.4 Å². The fourth-order valence-corrected chi connectivity index (χ4v) is 2.19. The molecule has 0 N–H and O–H groups in total. The van der Waals surface area contributed by atoms with Gasteiger partial charge in [-0.15, -0.1) is 0 Å². The average molecular weight is 242 g/mol. The van der Waals surface area contributed by atoms with Crippen LogP contribution in [0, 0.1) is 0 Å². The predicted octanol–water partition coefficient (Wildman–Crippen LogP) is 3.03. The Kier molecular flexibility index (Phi) is 3.87. The van der Waals surface area contributed by atoms with E-state index in [-0.39, 0.29) is 0 Å². The first-order valence-corrected chi connectivity index (χ1v) is 6.42. The van der Waals surface area contributed by atoms with Gasteiger partial charge in [0.1, 0.15) is 0 Å². The number of nitrogens with zero attached hydrogens (tertiary/aromatic N) is 2. The first kappa shape index (κ1) is 12.9. The van der Waals surface area contributed by atoms with Crippen molar-refractivity contribution in [3.63, 3.8) is 0 Å². The number of hydrogen-bond donors (Lipinski definition) is 0. The monoisotopic (exact) mass is 242 g/mol. The summed E-state index contributed by atoms with van der Waals surface area (Å²) in [6, 6.07) is 8.62. The van der Waals surface area contributed by atoms with Crippen molar-refractivity contribution in [1.29, 1.82) is 0 Å². The van der Waals surface area contributed by atoms with E-state index in [1.807, 2.05) is 0 Å². The van der Waals surface area contributed by atoms with Gasteiger partial charge in [0.2, 0.25) is 0 Å². The van der Waals surface area contributed by atoms with E-state index in [9.17, 15) is 0 Å². The van der Waals surface area contributed by atoms with E-state index in [1.54, 1.807) is 0 Å². The largest absolute Gasteiger partial charge is 0.378 e. The number of allylic oxidation sites excluding steroid dienone is 1. The third-order valence-corrected chi connectivity index (χ3v) is 3.53. The number of anilines is 1. The molecule has 1 aromatic carbocycles. The Balaban J connectivity index is 2.14. The SMILES string of the molecule is C=C(C1=CCN(C)CC1)c1ccc(N(C)C)cc1. The molecule has 0 amide bonds. The molecule has 1 aromatic rings. The Morgan fingerprint density at radius 2 is 1.89 bits per heavy atom. The van der Waals surface area contributed by atoms with Gasteiger partial charge in [0.25, 0.3) is 0 Å². The highest BCUT2D eigenvalue weighted by atomic mass is 15.1. The van der Waals surface area contributed by atoms with Crippen LogP contribution in [0.2, 0.25) is 0 Å². The molecule has 0 radical (unpaired) electrons. The van der Waals surface area contributed by atoms with Crippen molar-refractivity contribution >= 4 is 11.3 Å². The van der Waals surface area contributed by atoms with Crippen molar-refractivity contribution in [2.24, 2.45) is 0 Å². The zero-order valence-electron chi connectivity index (χ0n) is 11.6. The van der Waals surface area contributed by atoms with Gasteiger partial charge in [-0.2, -0.15) is 0 Å². The molecule has 0 saturated carbocycles. The zero-order valence-corrected chi connectivity index (χ0v) is 11.6. The van der Waals surface area contributed by atoms with Crippen LogP contribution < -0.4 is 4.90 Å². The van der Waals surface area contributed by atoms with Crippen LogP contribution in [-0.4, -0.2) is 39.1 Å². The summed E-state index contributed by atoms with van der Waals surface area (Å²) in [4.78, 5) is 4.44. The van der Waals surface area contributed by atoms with Crippen LogP contribution >= 0.6 is 0 Å². The van der Waals surface area contributed by atoms with Gasteiger partial charge in [-0.3, -0.25) is 0 Å². The molecule has 1 aliphatic rings. The maximum atomic E-state index is 4.25. The Hall–Kier alpha value is -1.54. The molecule has 0 fully saturated rings. The summed E-state index contributed by atoms with van der Waals surface area (Å²) >= 11 is 0. The Labute approximate surface area is 110 Å². The first-order valence-electron chi connectivity index (χ1n) is 6.42. The summed E-state index contributed by atoms with van der Waals surface area (Å²) in [5.74, 6) is 0. The molecule has 0 bridgehead atoms. The van der Waals surface area contributed by atoms with Gasteiger partial charge in [-0.05, 0) is 42.3 Å². The minimum atomic E-state index is 1.03. The topological polar surface area (TPSA) is 6.48 Å². The van der Waals surface area contributed by atoms with Crippen molar-refractivity contribution in [1.82, 2.24) is 4.90 Å². The van der Waals surface area contributed by atoms with Gasteiger partial charge in [0.05, 0.1) is 0 Å². The van der Waals surface area contributed by atoms with Crippen LogP contribution in [0.5, 0.6) is 0 Å². The summed E-state index contributed by atoms with van der Waals surface area (Å²) in [5.41, 5.74) is 5.03. The van der Waals surface area contributed by atoms with Crippen molar-refractivity contribution in [3.05, 3.63) is 48.1 Å². The molecule has 0 spiro atoms. The third kappa shape index (κ3) is 2.82. The lowest BCUT2D eigenvalue weighted by Gasteiger charge is -2.23. The molecule has 0 aliphatic carbocycles. The van der Waals surface area contributed by atoms with E-state index in [2.05, 4.69) is 67.9 Å². The predicted molar refractivity (Wildman–Crippen MR) is 80.0 cm³/mol. The molecular formula is C16H22N2. The molecule has 2 nitrogen and oxygen atoms in total. The maximum absolute atomic E-state index is 4.25. The highest BCUT2D eigenvalue weighted by Crippen LogP contribution is 2.27. The van der Waals surface area contributed by atoms with Gasteiger partial charge in [-0.1, -0.05) is 24.8 Å². The molecule has 2 rings (SSSR count). The molecule has 0 aromatic heterocycles. The average Bonchev–Trinajstić information content (AvgIpc) is 2.39. The molecule has 1 heterocycles. The zero-order chi connectivity index (χ0) is 13.1. The lowest BCUT2D eigenvalue weighted by molar-refractivity contribution is 0.362. The summed E-state index contributed by atoms with van der Waals surface area (Å²) in [7, 11) is 6.27. The second-order valence-corrected chi connectivity index (χ2v) is 5.16. The highest BCUT2D eigenvalue weighted by molar-refractivity contribution is 5.78. The van der Waals surface area contributed by atoms with Crippen LogP contribution in [0.25, 0.3) is 5.57 Å². The van der Waals surface area contributed by atoms with Gasteiger partial charge in [0.15, 0.2) is 0 Å². The van der Waals surface area contributed by atoms with Crippen LogP contribution in [-0.2, 0) is 0 Å². The van der Waals surface area contributed by atoms with Gasteiger partial charge >= 0.3 is 0 Å². The number of rotatable bonds is 3. The Bertz CT molecular complexity index is 454. The smallest absolute Gasteiger partial charge is 0.0361 e. The first-order chi connectivity index (χ1) is 8.58. The quantitative estimate of drug-likeness (QED) is 0.804. The molecule has 1 aliphatic heterocycles. The van der Waals surface area contributed by atoms with Crippen molar-refractivity contribution in [3.8, 4) is 0 Å². The summed E-state index contributed by atoms with van der Waals surface area (Å²) in [5, 5.41) is 0. The van der Waals surface area contributed by atoms with E-state index in [0.717, 1.165) is 19.5 Å². The molecule has 0 unspecified atom stereocenters. The van der Waals surface area contributed by atoms with E-state index >= 15 is 0 Å². The maximum Gasteiger partial charge on any atom is 0.0361 e. The highest BCUT2D eigenvalue weighted by Gasteiger charge is 2.11. The fourth-order valence-electron chi connectivity index (χ4n) is 2.19. The molecule has 0 saturated heterocycles. The standard InChI is InChI=1S/C16H22N2/c1-13(15-9-11-18(4)12-10-15)14-5-7-16(8-6-14)17(2)3/h5-9H,1,10-12H2,2-4H3. The van der Waals surface area contributed by atoms with Crippen LogP contribution in [0.15, 0.2) is 42.5 Å². The Morgan fingerprint density at radius 3 is 2.39 bits per heavy atom. The van der Waals surface area contributed by atoms with Gasteiger partial charge in [-0.25, -0.2) is 0 Å². The Morgan fingerprint density at radius 1 is 1.22 bits per heavy atom. The number of likely N-dealkylation sites (N-methyl/N-ethyl adjacent to an activating group) is 1.